The first-order valence-corrected chi connectivity index (χ1v) is 7.86. The summed E-state index contributed by atoms with van der Waals surface area (Å²) in [6.07, 6.45) is 4.55. The first-order chi connectivity index (χ1) is 10.1. The molecule has 21 heavy (non-hydrogen) atoms. The summed E-state index contributed by atoms with van der Waals surface area (Å²) < 4.78 is 18.9. The van der Waals surface area contributed by atoms with Crippen LogP contribution < -0.4 is 5.32 Å². The molecule has 1 aromatic rings. The number of nitrogens with one attached hydrogen (secondary N) is 1. The van der Waals surface area contributed by atoms with Gasteiger partial charge in [0.15, 0.2) is 0 Å². The van der Waals surface area contributed by atoms with E-state index in [4.69, 9.17) is 4.74 Å². The molecule has 2 N–H and O–H groups in total. The number of benzene rings is 1. The molecule has 118 valence electrons. The summed E-state index contributed by atoms with van der Waals surface area (Å²) in [6, 6.07) is 4.60. The molecule has 0 amide bonds. The van der Waals surface area contributed by atoms with Crippen molar-refractivity contribution in [3.8, 4) is 0 Å². The Balaban J connectivity index is 1.73. The van der Waals surface area contributed by atoms with Gasteiger partial charge < -0.3 is 15.2 Å². The van der Waals surface area contributed by atoms with Crippen molar-refractivity contribution in [1.82, 2.24) is 0 Å². The van der Waals surface area contributed by atoms with Crippen LogP contribution in [-0.2, 0) is 4.74 Å². The number of aryl methyl sites for hydroxylation is 1. The summed E-state index contributed by atoms with van der Waals surface area (Å²) in [5.41, 5.74) is 1.69. The minimum absolute atomic E-state index is 0.242. The fourth-order valence-corrected chi connectivity index (χ4v) is 2.88. The molecule has 3 nitrogen and oxygen atoms in total. The van der Waals surface area contributed by atoms with Gasteiger partial charge in [0.2, 0.25) is 0 Å². The van der Waals surface area contributed by atoms with Crippen molar-refractivity contribution in [3.05, 3.63) is 29.6 Å². The third kappa shape index (κ3) is 4.97. The molecule has 1 fully saturated rings. The predicted molar refractivity (Wildman–Crippen MR) is 83.0 cm³/mol. The Bertz CT molecular complexity index is 452. The van der Waals surface area contributed by atoms with E-state index in [2.05, 4.69) is 12.2 Å². The van der Waals surface area contributed by atoms with Crippen LogP contribution in [0.5, 0.6) is 0 Å². The van der Waals surface area contributed by atoms with Gasteiger partial charge in [-0.25, -0.2) is 4.39 Å². The third-order valence-electron chi connectivity index (χ3n) is 4.25. The minimum atomic E-state index is -0.552. The normalized spacial score (nSPS) is 23.8. The maximum absolute atomic E-state index is 13.0. The van der Waals surface area contributed by atoms with Gasteiger partial charge in [-0.3, -0.25) is 0 Å². The Morgan fingerprint density at radius 2 is 2.14 bits per heavy atom. The van der Waals surface area contributed by atoms with E-state index in [0.29, 0.717) is 19.1 Å². The molecular formula is C17H26FNO2. The van der Waals surface area contributed by atoms with E-state index < -0.39 is 6.10 Å². The number of halogens is 1. The average molecular weight is 295 g/mol. The number of anilines is 1. The van der Waals surface area contributed by atoms with Crippen LogP contribution in [0.1, 0.15) is 38.2 Å². The van der Waals surface area contributed by atoms with Gasteiger partial charge in [0.05, 0.1) is 18.8 Å². The molecule has 0 aromatic heterocycles. The zero-order valence-corrected chi connectivity index (χ0v) is 12.9. The van der Waals surface area contributed by atoms with Gasteiger partial charge >= 0.3 is 0 Å². The molecule has 1 aromatic carbocycles. The van der Waals surface area contributed by atoms with Crippen LogP contribution in [0.25, 0.3) is 0 Å². The maximum Gasteiger partial charge on any atom is 0.123 e. The summed E-state index contributed by atoms with van der Waals surface area (Å²) in [5, 5.41) is 13.2. The topological polar surface area (TPSA) is 41.5 Å². The average Bonchev–Trinajstić information content (AvgIpc) is 2.45. The summed E-state index contributed by atoms with van der Waals surface area (Å²) in [7, 11) is 0. The van der Waals surface area contributed by atoms with Gasteiger partial charge in [0, 0.05) is 12.2 Å². The van der Waals surface area contributed by atoms with E-state index in [-0.39, 0.29) is 11.9 Å². The molecule has 0 aliphatic heterocycles. The standard InChI is InChI=1S/C17H26FNO2/c1-12-5-3-4-6-17(12)21-11-15(20)10-19-16-8-7-14(18)9-13(16)2/h7-9,12,15,17,19-20H,3-6,10-11H2,1-2H3. The van der Waals surface area contributed by atoms with Crippen LogP contribution >= 0.6 is 0 Å². The first-order valence-electron chi connectivity index (χ1n) is 7.86. The van der Waals surface area contributed by atoms with Crippen LogP contribution in [0.3, 0.4) is 0 Å². The van der Waals surface area contributed by atoms with E-state index in [1.54, 1.807) is 6.07 Å². The second kappa shape index (κ2) is 7.76. The quantitative estimate of drug-likeness (QED) is 0.844. The smallest absolute Gasteiger partial charge is 0.123 e. The number of ether oxygens (including phenoxy) is 1. The lowest BCUT2D eigenvalue weighted by atomic mass is 9.88. The molecule has 0 radical (unpaired) electrons. The van der Waals surface area contributed by atoms with Crippen molar-refractivity contribution < 1.29 is 14.2 Å². The largest absolute Gasteiger partial charge is 0.389 e. The van der Waals surface area contributed by atoms with Crippen molar-refractivity contribution in [2.24, 2.45) is 5.92 Å². The zero-order chi connectivity index (χ0) is 15.2. The Hall–Kier alpha value is -1.13. The zero-order valence-electron chi connectivity index (χ0n) is 12.9. The molecule has 2 rings (SSSR count). The van der Waals surface area contributed by atoms with Crippen molar-refractivity contribution in [2.45, 2.75) is 51.7 Å². The molecule has 0 spiro atoms. The van der Waals surface area contributed by atoms with Gasteiger partial charge in [-0.2, -0.15) is 0 Å². The van der Waals surface area contributed by atoms with Gasteiger partial charge in [0.1, 0.15) is 5.82 Å². The Kier molecular flexibility index (Phi) is 6.00. The number of rotatable bonds is 6. The van der Waals surface area contributed by atoms with Crippen LogP contribution in [0.15, 0.2) is 18.2 Å². The Labute approximate surface area is 126 Å². The van der Waals surface area contributed by atoms with Crippen molar-refractivity contribution in [2.75, 3.05) is 18.5 Å². The third-order valence-corrected chi connectivity index (χ3v) is 4.25. The second-order valence-electron chi connectivity index (χ2n) is 6.13. The molecule has 3 atom stereocenters. The molecule has 3 unspecified atom stereocenters. The molecule has 1 aliphatic carbocycles. The van der Waals surface area contributed by atoms with Crippen LogP contribution in [0, 0.1) is 18.7 Å². The number of hydrogen-bond donors (Lipinski definition) is 2. The molecule has 0 bridgehead atoms. The highest BCUT2D eigenvalue weighted by molar-refractivity contribution is 5.50. The van der Waals surface area contributed by atoms with Crippen LogP contribution in [0.4, 0.5) is 10.1 Å². The highest BCUT2D eigenvalue weighted by Crippen LogP contribution is 2.26. The van der Waals surface area contributed by atoms with E-state index in [9.17, 15) is 9.50 Å². The second-order valence-corrected chi connectivity index (χ2v) is 6.13. The van der Waals surface area contributed by atoms with Gasteiger partial charge in [0.25, 0.3) is 0 Å². The van der Waals surface area contributed by atoms with Gasteiger partial charge in [-0.1, -0.05) is 19.8 Å². The van der Waals surface area contributed by atoms with Gasteiger partial charge in [-0.15, -0.1) is 0 Å². The molecule has 0 heterocycles. The van der Waals surface area contributed by atoms with Crippen LogP contribution in [0.2, 0.25) is 0 Å². The van der Waals surface area contributed by atoms with E-state index in [0.717, 1.165) is 17.7 Å². The monoisotopic (exact) mass is 295 g/mol. The molecule has 4 heteroatoms. The predicted octanol–water partition coefficient (Wildman–Crippen LogP) is 3.50. The summed E-state index contributed by atoms with van der Waals surface area (Å²) >= 11 is 0. The molecule has 1 aliphatic rings. The van der Waals surface area contributed by atoms with Crippen LogP contribution in [-0.4, -0.2) is 30.5 Å². The lowest BCUT2D eigenvalue weighted by molar-refractivity contribution is -0.0424. The SMILES string of the molecule is Cc1cc(F)ccc1NCC(O)COC1CCCCC1C. The Morgan fingerprint density at radius 3 is 2.86 bits per heavy atom. The lowest BCUT2D eigenvalue weighted by Gasteiger charge is -2.29. The summed E-state index contributed by atoms with van der Waals surface area (Å²) in [4.78, 5) is 0. The highest BCUT2D eigenvalue weighted by atomic mass is 19.1. The number of aliphatic hydroxyl groups excluding tert-OH is 1. The fourth-order valence-electron chi connectivity index (χ4n) is 2.88. The molecule has 1 saturated carbocycles. The van der Waals surface area contributed by atoms with E-state index in [1.807, 2.05) is 6.92 Å². The van der Waals surface area contributed by atoms with E-state index in [1.165, 1.54) is 31.4 Å². The number of hydrogen-bond acceptors (Lipinski definition) is 3. The van der Waals surface area contributed by atoms with E-state index >= 15 is 0 Å². The van der Waals surface area contributed by atoms with Crippen molar-refractivity contribution in [3.63, 3.8) is 0 Å². The lowest BCUT2D eigenvalue weighted by Crippen LogP contribution is -2.32. The highest BCUT2D eigenvalue weighted by Gasteiger charge is 2.22. The summed E-state index contributed by atoms with van der Waals surface area (Å²) in [6.45, 7) is 4.82. The van der Waals surface area contributed by atoms with Crippen molar-refractivity contribution in [1.29, 1.82) is 0 Å². The molecular weight excluding hydrogens is 269 g/mol. The fraction of sp³-hybridized carbons (Fsp3) is 0.647. The first kappa shape index (κ1) is 16.2. The van der Waals surface area contributed by atoms with Gasteiger partial charge in [-0.05, 0) is 49.4 Å². The maximum atomic E-state index is 13.0. The summed E-state index contributed by atoms with van der Waals surface area (Å²) in [5.74, 6) is 0.339. The minimum Gasteiger partial charge on any atom is -0.389 e. The molecule has 0 saturated heterocycles. The Morgan fingerprint density at radius 1 is 1.38 bits per heavy atom. The van der Waals surface area contributed by atoms with Crippen molar-refractivity contribution >= 4 is 5.69 Å². The number of aliphatic hydroxyl groups is 1.